The minimum absolute atomic E-state index is 0.0281. The number of aryl methyl sites for hydroxylation is 1. The molecule has 1 aliphatic carbocycles. The van der Waals surface area contributed by atoms with Crippen molar-refractivity contribution in [2.24, 2.45) is 0 Å². The second kappa shape index (κ2) is 9.50. The Morgan fingerprint density at radius 2 is 1.76 bits per heavy atom. The lowest BCUT2D eigenvalue weighted by Crippen LogP contribution is -2.31. The quantitative estimate of drug-likeness (QED) is 0.413. The van der Waals surface area contributed by atoms with Crippen molar-refractivity contribution >= 4 is 68.6 Å². The minimum atomic E-state index is -4.15. The Morgan fingerprint density at radius 1 is 1.12 bits per heavy atom. The van der Waals surface area contributed by atoms with Crippen LogP contribution in [-0.4, -0.2) is 58.9 Å². The molecule has 1 heterocycles. The van der Waals surface area contributed by atoms with Gasteiger partial charge in [0, 0.05) is 25.4 Å². The summed E-state index contributed by atoms with van der Waals surface area (Å²) >= 11 is 16.7. The van der Waals surface area contributed by atoms with Gasteiger partial charge in [-0.05, 0) is 43.2 Å². The normalized spacial score (nSPS) is 13.7. The van der Waals surface area contributed by atoms with Gasteiger partial charge in [0.25, 0.3) is 15.8 Å². The van der Waals surface area contributed by atoms with E-state index in [-0.39, 0.29) is 23.6 Å². The van der Waals surface area contributed by atoms with E-state index < -0.39 is 38.1 Å². The Bertz CT molecular complexity index is 1240. The van der Waals surface area contributed by atoms with Crippen molar-refractivity contribution in [3.05, 3.63) is 58.9 Å². The maximum absolute atomic E-state index is 13.3. The monoisotopic (exact) mass is 532 g/mol. The van der Waals surface area contributed by atoms with E-state index >= 15 is 0 Å². The number of fused-ring (bicyclic) bond motifs is 1. The highest BCUT2D eigenvalue weighted by Crippen LogP contribution is 2.29. The number of nitrogens with zero attached hydrogens (tertiary/aromatic N) is 2. The molecule has 1 aliphatic rings. The van der Waals surface area contributed by atoms with E-state index in [2.05, 4.69) is 0 Å². The van der Waals surface area contributed by atoms with E-state index in [0.29, 0.717) is 11.1 Å². The maximum atomic E-state index is 13.3. The number of ether oxygens (including phenoxy) is 1. The molecule has 0 aliphatic heterocycles. The second-order valence-corrected chi connectivity index (χ2v) is 11.7. The van der Waals surface area contributed by atoms with E-state index in [9.17, 15) is 22.8 Å². The summed E-state index contributed by atoms with van der Waals surface area (Å²) in [5.41, 5.74) is 1.39. The van der Waals surface area contributed by atoms with Crippen molar-refractivity contribution in [1.29, 1.82) is 0 Å². The molecule has 0 saturated carbocycles. The van der Waals surface area contributed by atoms with Crippen LogP contribution in [0.4, 0.5) is 4.79 Å². The summed E-state index contributed by atoms with van der Waals surface area (Å²) in [7, 11) is -2.70. The fourth-order valence-corrected chi connectivity index (χ4v) is 4.71. The Balaban J connectivity index is 1.92. The number of alkyl halides is 3. The predicted octanol–water partition coefficient (Wildman–Crippen LogP) is 3.79. The van der Waals surface area contributed by atoms with Gasteiger partial charge in [0.05, 0.1) is 4.90 Å². The van der Waals surface area contributed by atoms with Crippen LogP contribution in [0.2, 0.25) is 0 Å². The first-order valence-corrected chi connectivity index (χ1v) is 12.2. The van der Waals surface area contributed by atoms with Crippen LogP contribution in [-0.2, 0) is 26.0 Å². The number of likely N-dealkylation sites (N-methyl/N-ethyl adjacent to an activating group) is 1. The molecule has 0 spiro atoms. The van der Waals surface area contributed by atoms with E-state index in [0.717, 1.165) is 15.6 Å². The van der Waals surface area contributed by atoms with Gasteiger partial charge >= 0.3 is 6.09 Å². The van der Waals surface area contributed by atoms with Gasteiger partial charge < -0.3 is 9.64 Å². The number of halogens is 3. The molecule has 0 N–H and O–H groups in total. The number of aromatic nitrogens is 1. The zero-order valence-electron chi connectivity index (χ0n) is 17.5. The van der Waals surface area contributed by atoms with Crippen molar-refractivity contribution in [3.63, 3.8) is 0 Å². The second-order valence-electron chi connectivity index (χ2n) is 7.40. The molecule has 1 aromatic heterocycles. The number of ketones is 2. The zero-order chi connectivity index (χ0) is 24.6. The van der Waals surface area contributed by atoms with Gasteiger partial charge in [-0.2, -0.15) is 0 Å². The van der Waals surface area contributed by atoms with Gasteiger partial charge in [0.15, 0.2) is 0 Å². The lowest BCUT2D eigenvalue weighted by Gasteiger charge is -2.19. The third-order valence-corrected chi connectivity index (χ3v) is 6.90. The third kappa shape index (κ3) is 5.60. The SMILES string of the molecule is Cc1ccc(S(=O)(=O)n2cc(CCN(C)C(=O)OCC(Cl)(Cl)Cl)c3c2C(=O)C(=O)C=C3)cc1. The van der Waals surface area contributed by atoms with Gasteiger partial charge in [0.1, 0.15) is 12.3 Å². The van der Waals surface area contributed by atoms with Crippen LogP contribution < -0.4 is 0 Å². The summed E-state index contributed by atoms with van der Waals surface area (Å²) in [5, 5.41) is 0. The largest absolute Gasteiger partial charge is 0.445 e. The molecule has 33 heavy (non-hydrogen) atoms. The molecule has 8 nitrogen and oxygen atoms in total. The van der Waals surface area contributed by atoms with Crippen molar-refractivity contribution in [2.45, 2.75) is 22.0 Å². The van der Waals surface area contributed by atoms with Crippen LogP contribution in [0.3, 0.4) is 0 Å². The van der Waals surface area contributed by atoms with Crippen molar-refractivity contribution in [2.75, 3.05) is 20.2 Å². The molecule has 0 saturated heterocycles. The number of rotatable bonds is 6. The average Bonchev–Trinajstić information content (AvgIpc) is 3.12. The summed E-state index contributed by atoms with van der Waals surface area (Å²) < 4.78 is 30.5. The van der Waals surface area contributed by atoms with Crippen LogP contribution >= 0.6 is 34.8 Å². The smallest absolute Gasteiger partial charge is 0.409 e. The highest BCUT2D eigenvalue weighted by Gasteiger charge is 2.33. The van der Waals surface area contributed by atoms with Crippen LogP contribution in [0.15, 0.2) is 41.4 Å². The van der Waals surface area contributed by atoms with Gasteiger partial charge in [-0.25, -0.2) is 17.2 Å². The first-order chi connectivity index (χ1) is 15.3. The lowest BCUT2D eigenvalue weighted by molar-refractivity contribution is -0.111. The fraction of sp³-hybridized carbons (Fsp3) is 0.286. The molecule has 1 amide bonds. The topological polar surface area (TPSA) is 103 Å². The summed E-state index contributed by atoms with van der Waals surface area (Å²) in [6.07, 6.45) is 3.21. The summed E-state index contributed by atoms with van der Waals surface area (Å²) in [4.78, 5) is 37.9. The summed E-state index contributed by atoms with van der Waals surface area (Å²) in [6.45, 7) is 1.48. The number of Topliss-reactive ketones (excluding diaryl/α,β-unsaturated/α-hetero) is 1. The minimum Gasteiger partial charge on any atom is -0.445 e. The van der Waals surface area contributed by atoms with E-state index in [4.69, 9.17) is 39.5 Å². The van der Waals surface area contributed by atoms with Crippen LogP contribution in [0.5, 0.6) is 0 Å². The van der Waals surface area contributed by atoms with E-state index in [1.165, 1.54) is 36.4 Å². The standard InChI is InChI=1S/C21H19Cl3N2O6S/c1-13-3-5-15(6-4-13)33(30,31)26-11-14(16-7-8-17(27)19(28)18(16)26)9-10-25(2)20(29)32-12-21(22,23)24/h3-8,11H,9-10,12H2,1-2H3. The molecule has 176 valence electrons. The molecule has 2 aromatic rings. The van der Waals surface area contributed by atoms with Gasteiger partial charge in [-0.15, -0.1) is 0 Å². The molecule has 0 atom stereocenters. The number of hydrogen-bond acceptors (Lipinski definition) is 6. The van der Waals surface area contributed by atoms with E-state index in [1.807, 2.05) is 6.92 Å². The number of carbonyl (C=O) groups excluding carboxylic acids is 3. The third-order valence-electron chi connectivity index (χ3n) is 4.90. The molecule has 3 rings (SSSR count). The number of hydrogen-bond donors (Lipinski definition) is 0. The lowest BCUT2D eigenvalue weighted by atomic mass is 9.98. The van der Waals surface area contributed by atoms with Crippen molar-refractivity contribution in [3.8, 4) is 0 Å². The molecule has 0 bridgehead atoms. The zero-order valence-corrected chi connectivity index (χ0v) is 20.6. The first-order valence-electron chi connectivity index (χ1n) is 9.59. The predicted molar refractivity (Wildman–Crippen MR) is 125 cm³/mol. The number of carbonyl (C=O) groups is 3. The first kappa shape index (κ1) is 25.3. The average molecular weight is 534 g/mol. The van der Waals surface area contributed by atoms with Crippen molar-refractivity contribution < 1.29 is 27.5 Å². The Kier molecular flexibility index (Phi) is 7.28. The highest BCUT2D eigenvalue weighted by molar-refractivity contribution is 7.90. The molecule has 0 radical (unpaired) electrons. The number of allylic oxidation sites excluding steroid dienone is 1. The van der Waals surface area contributed by atoms with Gasteiger partial charge in [0.2, 0.25) is 9.58 Å². The molecular formula is C21H19Cl3N2O6S. The van der Waals surface area contributed by atoms with Crippen LogP contribution in [0.25, 0.3) is 6.08 Å². The summed E-state index contributed by atoms with van der Waals surface area (Å²) in [6, 6.07) is 6.12. The van der Waals surface area contributed by atoms with Gasteiger partial charge in [-0.3, -0.25) is 9.59 Å². The molecule has 12 heteroatoms. The van der Waals surface area contributed by atoms with Crippen molar-refractivity contribution in [1.82, 2.24) is 8.87 Å². The number of amides is 1. The Labute approximate surface area is 205 Å². The van der Waals surface area contributed by atoms with Crippen LogP contribution in [0, 0.1) is 6.92 Å². The number of benzene rings is 1. The highest BCUT2D eigenvalue weighted by atomic mass is 35.6. The molecule has 0 unspecified atom stereocenters. The Hall–Kier alpha value is -2.33. The van der Waals surface area contributed by atoms with E-state index in [1.54, 1.807) is 12.1 Å². The van der Waals surface area contributed by atoms with Crippen LogP contribution in [0.1, 0.15) is 27.2 Å². The molecule has 0 fully saturated rings. The Morgan fingerprint density at radius 3 is 2.36 bits per heavy atom. The molecular weight excluding hydrogens is 515 g/mol. The molecule has 1 aromatic carbocycles. The van der Waals surface area contributed by atoms with Gasteiger partial charge in [-0.1, -0.05) is 52.5 Å². The summed E-state index contributed by atoms with van der Waals surface area (Å²) in [5.74, 6) is -1.75. The maximum Gasteiger partial charge on any atom is 0.409 e. The fourth-order valence-electron chi connectivity index (χ4n) is 3.15.